The Morgan fingerprint density at radius 2 is 2.26 bits per heavy atom. The van der Waals surface area contributed by atoms with Crippen molar-refractivity contribution >= 4 is 22.9 Å². The van der Waals surface area contributed by atoms with Gasteiger partial charge in [0.15, 0.2) is 11.6 Å². The van der Waals surface area contributed by atoms with Gasteiger partial charge in [-0.1, -0.05) is 29.5 Å². The lowest BCUT2D eigenvalue weighted by molar-refractivity contribution is 0.293. The van der Waals surface area contributed by atoms with Gasteiger partial charge in [0.2, 0.25) is 0 Å². The Labute approximate surface area is 119 Å². The summed E-state index contributed by atoms with van der Waals surface area (Å²) in [5.41, 5.74) is 0.809. The van der Waals surface area contributed by atoms with Gasteiger partial charge in [-0.15, -0.1) is 11.3 Å². The molecule has 0 unspecified atom stereocenters. The van der Waals surface area contributed by atoms with Crippen molar-refractivity contribution < 1.29 is 14.2 Å². The van der Waals surface area contributed by atoms with Crippen LogP contribution in [0.3, 0.4) is 0 Å². The van der Waals surface area contributed by atoms with Crippen LogP contribution in [0, 0.1) is 17.7 Å². The first-order valence-corrected chi connectivity index (χ1v) is 6.70. The SMILES string of the molecule is OCC#Cc1csc(COc2cccc(Cl)c2F)c1. The molecule has 1 heterocycles. The smallest absolute Gasteiger partial charge is 0.183 e. The molecule has 1 N–H and O–H groups in total. The zero-order chi connectivity index (χ0) is 13.7. The number of hydrogen-bond acceptors (Lipinski definition) is 3. The first kappa shape index (κ1) is 13.9. The van der Waals surface area contributed by atoms with Crippen molar-refractivity contribution in [3.05, 3.63) is 50.9 Å². The van der Waals surface area contributed by atoms with Gasteiger partial charge in [-0.05, 0) is 18.2 Å². The van der Waals surface area contributed by atoms with Gasteiger partial charge >= 0.3 is 0 Å². The predicted molar refractivity (Wildman–Crippen MR) is 74.0 cm³/mol. The fourth-order valence-corrected chi connectivity index (χ4v) is 2.30. The van der Waals surface area contributed by atoms with Crippen LogP contribution in [0.5, 0.6) is 5.75 Å². The molecule has 2 nitrogen and oxygen atoms in total. The van der Waals surface area contributed by atoms with Crippen LogP contribution in [-0.2, 0) is 6.61 Å². The van der Waals surface area contributed by atoms with E-state index < -0.39 is 5.82 Å². The molecule has 98 valence electrons. The zero-order valence-corrected chi connectivity index (χ0v) is 11.4. The Balaban J connectivity index is 2.02. The van der Waals surface area contributed by atoms with Crippen LogP contribution in [0.4, 0.5) is 4.39 Å². The molecule has 5 heteroatoms. The second kappa shape index (κ2) is 6.58. The fourth-order valence-electron chi connectivity index (χ4n) is 1.41. The van der Waals surface area contributed by atoms with Crippen molar-refractivity contribution in [1.29, 1.82) is 0 Å². The minimum atomic E-state index is -0.555. The van der Waals surface area contributed by atoms with Gasteiger partial charge in [-0.25, -0.2) is 4.39 Å². The summed E-state index contributed by atoms with van der Waals surface area (Å²) in [7, 11) is 0. The molecule has 0 bridgehead atoms. The van der Waals surface area contributed by atoms with E-state index in [1.165, 1.54) is 23.5 Å². The molecule has 2 aromatic rings. The minimum Gasteiger partial charge on any atom is -0.485 e. The van der Waals surface area contributed by atoms with Crippen LogP contribution in [0.25, 0.3) is 0 Å². The number of aliphatic hydroxyl groups is 1. The molecule has 0 aliphatic heterocycles. The van der Waals surface area contributed by atoms with Crippen LogP contribution in [0.1, 0.15) is 10.4 Å². The number of benzene rings is 1. The van der Waals surface area contributed by atoms with Crippen LogP contribution in [0.2, 0.25) is 5.02 Å². The molecule has 0 aliphatic carbocycles. The van der Waals surface area contributed by atoms with E-state index in [0.29, 0.717) is 0 Å². The molecule has 0 saturated heterocycles. The Morgan fingerprint density at radius 1 is 1.42 bits per heavy atom. The Kier molecular flexibility index (Phi) is 4.80. The Morgan fingerprint density at radius 3 is 3.05 bits per heavy atom. The molecule has 0 saturated carbocycles. The van der Waals surface area contributed by atoms with E-state index in [1.807, 2.05) is 11.4 Å². The van der Waals surface area contributed by atoms with E-state index >= 15 is 0 Å². The van der Waals surface area contributed by atoms with Gasteiger partial charge in [0.05, 0.1) is 5.02 Å². The average Bonchev–Trinajstić information content (AvgIpc) is 2.86. The van der Waals surface area contributed by atoms with Crippen molar-refractivity contribution in [3.63, 3.8) is 0 Å². The van der Waals surface area contributed by atoms with Gasteiger partial charge in [-0.2, -0.15) is 0 Å². The van der Waals surface area contributed by atoms with Crippen molar-refractivity contribution in [2.45, 2.75) is 6.61 Å². The molecule has 19 heavy (non-hydrogen) atoms. The zero-order valence-electron chi connectivity index (χ0n) is 9.82. The van der Waals surface area contributed by atoms with E-state index in [-0.39, 0.29) is 24.0 Å². The summed E-state index contributed by atoms with van der Waals surface area (Å²) in [6.07, 6.45) is 0. The maximum Gasteiger partial charge on any atom is 0.183 e. The molecule has 2 rings (SSSR count). The number of rotatable bonds is 3. The molecule has 0 fully saturated rings. The second-order valence-corrected chi connectivity index (χ2v) is 5.01. The van der Waals surface area contributed by atoms with Crippen LogP contribution < -0.4 is 4.74 Å². The number of thiophene rings is 1. The summed E-state index contributed by atoms with van der Waals surface area (Å²) in [6.45, 7) is 0.0815. The van der Waals surface area contributed by atoms with E-state index in [2.05, 4.69) is 11.8 Å². The monoisotopic (exact) mass is 296 g/mol. The molecule has 0 amide bonds. The van der Waals surface area contributed by atoms with E-state index in [1.54, 1.807) is 6.07 Å². The lowest BCUT2D eigenvalue weighted by Crippen LogP contribution is -1.95. The fraction of sp³-hybridized carbons (Fsp3) is 0.143. The molecule has 0 spiro atoms. The number of hydrogen-bond donors (Lipinski definition) is 1. The number of ether oxygens (including phenoxy) is 1. The van der Waals surface area contributed by atoms with Gasteiger partial charge in [-0.3, -0.25) is 0 Å². The summed E-state index contributed by atoms with van der Waals surface area (Å²) in [5, 5.41) is 10.5. The highest BCUT2D eigenvalue weighted by Crippen LogP contribution is 2.25. The van der Waals surface area contributed by atoms with Crippen molar-refractivity contribution in [2.24, 2.45) is 0 Å². The summed E-state index contributed by atoms with van der Waals surface area (Å²) >= 11 is 7.13. The molecular formula is C14H10ClFO2S. The Bertz CT molecular complexity index is 628. The highest BCUT2D eigenvalue weighted by molar-refractivity contribution is 7.10. The third-order valence-electron chi connectivity index (χ3n) is 2.25. The quantitative estimate of drug-likeness (QED) is 0.879. The van der Waals surface area contributed by atoms with E-state index in [0.717, 1.165) is 10.4 Å². The highest BCUT2D eigenvalue weighted by Gasteiger charge is 2.08. The number of aliphatic hydroxyl groups excluding tert-OH is 1. The standard InChI is InChI=1S/C14H10ClFO2S/c15-12-4-1-5-13(14(12)16)18-8-11-7-10(9-19-11)3-2-6-17/h1,4-5,7,9,17H,6,8H2. The first-order chi connectivity index (χ1) is 9.20. The highest BCUT2D eigenvalue weighted by atomic mass is 35.5. The van der Waals surface area contributed by atoms with Gasteiger partial charge in [0.1, 0.15) is 13.2 Å². The van der Waals surface area contributed by atoms with Crippen LogP contribution >= 0.6 is 22.9 Å². The maximum atomic E-state index is 13.6. The molecule has 0 atom stereocenters. The normalized spacial score (nSPS) is 9.84. The summed E-state index contributed by atoms with van der Waals surface area (Å²) in [4.78, 5) is 0.918. The summed E-state index contributed by atoms with van der Waals surface area (Å²) in [5.74, 6) is 4.93. The van der Waals surface area contributed by atoms with E-state index in [9.17, 15) is 4.39 Å². The first-order valence-electron chi connectivity index (χ1n) is 5.44. The van der Waals surface area contributed by atoms with Crippen molar-refractivity contribution in [1.82, 2.24) is 0 Å². The lowest BCUT2D eigenvalue weighted by Gasteiger charge is -2.06. The third-order valence-corrected chi connectivity index (χ3v) is 3.45. The van der Waals surface area contributed by atoms with Crippen LogP contribution in [-0.4, -0.2) is 11.7 Å². The van der Waals surface area contributed by atoms with Crippen molar-refractivity contribution in [3.8, 4) is 17.6 Å². The average molecular weight is 297 g/mol. The largest absolute Gasteiger partial charge is 0.485 e. The molecule has 0 radical (unpaired) electrons. The molecule has 1 aromatic heterocycles. The third kappa shape index (κ3) is 3.71. The maximum absolute atomic E-state index is 13.6. The lowest BCUT2D eigenvalue weighted by atomic mass is 10.3. The van der Waals surface area contributed by atoms with Gasteiger partial charge in [0, 0.05) is 15.8 Å². The summed E-state index contributed by atoms with van der Waals surface area (Å²) < 4.78 is 18.9. The molecule has 0 aliphatic rings. The van der Waals surface area contributed by atoms with Crippen molar-refractivity contribution in [2.75, 3.05) is 6.61 Å². The second-order valence-electron chi connectivity index (χ2n) is 3.60. The van der Waals surface area contributed by atoms with Gasteiger partial charge < -0.3 is 9.84 Å². The van der Waals surface area contributed by atoms with Crippen LogP contribution in [0.15, 0.2) is 29.6 Å². The molecule has 1 aromatic carbocycles. The van der Waals surface area contributed by atoms with Gasteiger partial charge in [0.25, 0.3) is 0 Å². The predicted octanol–water partition coefficient (Wildman–Crippen LogP) is 3.46. The number of halogens is 2. The topological polar surface area (TPSA) is 29.5 Å². The Hall–Kier alpha value is -1.54. The summed E-state index contributed by atoms with van der Waals surface area (Å²) in [6, 6.07) is 6.47. The molecular weight excluding hydrogens is 287 g/mol. The van der Waals surface area contributed by atoms with E-state index in [4.69, 9.17) is 21.4 Å². The minimum absolute atomic E-state index is 0.0400.